The minimum Gasteiger partial charge on any atom is -0.493 e. The van der Waals surface area contributed by atoms with E-state index < -0.39 is 0 Å². The van der Waals surface area contributed by atoms with Crippen molar-refractivity contribution in [2.45, 2.75) is 43.0 Å². The molecule has 1 aromatic heterocycles. The predicted octanol–water partition coefficient (Wildman–Crippen LogP) is 5.46. The molecule has 0 aliphatic carbocycles. The summed E-state index contributed by atoms with van der Waals surface area (Å²) in [6, 6.07) is 15.4. The van der Waals surface area contributed by atoms with E-state index in [1.54, 1.807) is 18.9 Å². The van der Waals surface area contributed by atoms with Crippen LogP contribution in [0.5, 0.6) is 11.5 Å². The summed E-state index contributed by atoms with van der Waals surface area (Å²) >= 11 is 2.99. The zero-order valence-corrected chi connectivity index (χ0v) is 20.5. The van der Waals surface area contributed by atoms with Crippen LogP contribution in [0, 0.1) is 0 Å². The second-order valence-electron chi connectivity index (χ2n) is 7.28. The summed E-state index contributed by atoms with van der Waals surface area (Å²) in [5, 5.41) is 12.3. The Morgan fingerprint density at radius 3 is 2.53 bits per heavy atom. The smallest absolute Gasteiger partial charge is 0.234 e. The lowest BCUT2D eigenvalue weighted by atomic mass is 10.3. The molecule has 1 heterocycles. The average molecular weight is 473 g/mol. The number of benzene rings is 2. The van der Waals surface area contributed by atoms with E-state index in [-0.39, 0.29) is 23.8 Å². The lowest BCUT2D eigenvalue weighted by Gasteiger charge is -2.19. The largest absolute Gasteiger partial charge is 0.493 e. The molecular formula is C23H28N4O3S2. The van der Waals surface area contributed by atoms with Crippen LogP contribution in [0.15, 0.2) is 58.6 Å². The Kier molecular flexibility index (Phi) is 8.46. The molecule has 1 N–H and O–H groups in total. The quantitative estimate of drug-likeness (QED) is 0.393. The number of aromatic nitrogens is 3. The summed E-state index contributed by atoms with van der Waals surface area (Å²) in [4.78, 5) is 13.6. The maximum atomic E-state index is 12.5. The minimum absolute atomic E-state index is 0.0913. The van der Waals surface area contributed by atoms with Crippen LogP contribution in [0.25, 0.3) is 0 Å². The van der Waals surface area contributed by atoms with Crippen molar-refractivity contribution >= 4 is 35.1 Å². The molecule has 32 heavy (non-hydrogen) atoms. The summed E-state index contributed by atoms with van der Waals surface area (Å²) in [5.41, 5.74) is 0.785. The van der Waals surface area contributed by atoms with Crippen LogP contribution >= 0.6 is 23.5 Å². The van der Waals surface area contributed by atoms with Gasteiger partial charge in [0.1, 0.15) is 0 Å². The van der Waals surface area contributed by atoms with Crippen LogP contribution in [0.1, 0.15) is 38.7 Å². The van der Waals surface area contributed by atoms with Crippen molar-refractivity contribution in [3.05, 3.63) is 54.4 Å². The summed E-state index contributed by atoms with van der Waals surface area (Å²) in [7, 11) is 1.61. The number of nitrogens with one attached hydrogen (secondary N) is 1. The Labute approximate surface area is 197 Å². The van der Waals surface area contributed by atoms with E-state index in [0.29, 0.717) is 22.5 Å². The van der Waals surface area contributed by atoms with Crippen molar-refractivity contribution < 1.29 is 14.3 Å². The standard InChI is InChI=1S/C23H28N4O3S2/c1-15(2)27-22(16(3)30-20-12-7-6-11-19(20)29-4)25-26-23(27)32-14-21(28)24-17-9-8-10-18(13-17)31-5/h6-13,15-16H,14H2,1-5H3,(H,24,28). The zero-order chi connectivity index (χ0) is 23.1. The second-order valence-corrected chi connectivity index (χ2v) is 9.11. The van der Waals surface area contributed by atoms with Gasteiger partial charge in [0, 0.05) is 16.6 Å². The van der Waals surface area contributed by atoms with Crippen LogP contribution in [-0.4, -0.2) is 39.8 Å². The van der Waals surface area contributed by atoms with Crippen LogP contribution in [0.2, 0.25) is 0 Å². The maximum Gasteiger partial charge on any atom is 0.234 e. The van der Waals surface area contributed by atoms with E-state index >= 15 is 0 Å². The Morgan fingerprint density at radius 1 is 1.09 bits per heavy atom. The molecule has 2 aromatic carbocycles. The number of ether oxygens (including phenoxy) is 2. The summed E-state index contributed by atoms with van der Waals surface area (Å²) < 4.78 is 13.5. The fraction of sp³-hybridized carbons (Fsp3) is 0.348. The Bertz CT molecular complexity index is 1060. The predicted molar refractivity (Wildman–Crippen MR) is 130 cm³/mol. The van der Waals surface area contributed by atoms with Gasteiger partial charge in [0.15, 0.2) is 28.6 Å². The normalized spacial score (nSPS) is 11.9. The minimum atomic E-state index is -0.348. The van der Waals surface area contributed by atoms with Crippen molar-refractivity contribution in [3.63, 3.8) is 0 Å². The first-order chi connectivity index (χ1) is 15.4. The zero-order valence-electron chi connectivity index (χ0n) is 18.9. The van der Waals surface area contributed by atoms with E-state index in [1.165, 1.54) is 11.8 Å². The highest BCUT2D eigenvalue weighted by Gasteiger charge is 2.23. The Morgan fingerprint density at radius 2 is 1.84 bits per heavy atom. The molecule has 3 aromatic rings. The van der Waals surface area contributed by atoms with Crippen LogP contribution in [-0.2, 0) is 4.79 Å². The van der Waals surface area contributed by atoms with Crippen molar-refractivity contribution in [1.29, 1.82) is 0 Å². The number of hydrogen-bond donors (Lipinski definition) is 1. The molecule has 0 fully saturated rings. The number of nitrogens with zero attached hydrogens (tertiary/aromatic N) is 3. The fourth-order valence-corrected chi connectivity index (χ4v) is 4.47. The van der Waals surface area contributed by atoms with Gasteiger partial charge < -0.3 is 19.4 Å². The number of amides is 1. The average Bonchev–Trinajstić information content (AvgIpc) is 3.23. The van der Waals surface area contributed by atoms with E-state index in [4.69, 9.17) is 9.47 Å². The first-order valence-electron chi connectivity index (χ1n) is 10.2. The van der Waals surface area contributed by atoms with Gasteiger partial charge in [0.25, 0.3) is 0 Å². The third-order valence-corrected chi connectivity index (χ3v) is 6.30. The molecule has 0 aliphatic heterocycles. The van der Waals surface area contributed by atoms with E-state index in [2.05, 4.69) is 29.4 Å². The van der Waals surface area contributed by atoms with Gasteiger partial charge in [0.2, 0.25) is 5.91 Å². The molecule has 9 heteroatoms. The fourth-order valence-electron chi connectivity index (χ4n) is 3.14. The van der Waals surface area contributed by atoms with Gasteiger partial charge in [-0.15, -0.1) is 22.0 Å². The van der Waals surface area contributed by atoms with Crippen molar-refractivity contribution in [2.75, 3.05) is 24.4 Å². The van der Waals surface area contributed by atoms with Crippen molar-refractivity contribution in [1.82, 2.24) is 14.8 Å². The molecule has 0 saturated heterocycles. The van der Waals surface area contributed by atoms with Gasteiger partial charge in [-0.05, 0) is 57.4 Å². The van der Waals surface area contributed by atoms with Crippen molar-refractivity contribution in [2.24, 2.45) is 0 Å². The van der Waals surface area contributed by atoms with Gasteiger partial charge in [-0.1, -0.05) is 30.0 Å². The number of thioether (sulfide) groups is 2. The maximum absolute atomic E-state index is 12.5. The second kappa shape index (κ2) is 11.3. The highest BCUT2D eigenvalue weighted by molar-refractivity contribution is 7.99. The molecule has 0 aliphatic rings. The Hall–Kier alpha value is -2.65. The van der Waals surface area contributed by atoms with E-state index in [0.717, 1.165) is 10.6 Å². The molecule has 1 atom stereocenters. The third-order valence-electron chi connectivity index (χ3n) is 4.63. The van der Waals surface area contributed by atoms with Crippen LogP contribution in [0.3, 0.4) is 0 Å². The molecule has 0 spiro atoms. The molecule has 0 bridgehead atoms. The number of methoxy groups -OCH3 is 1. The number of carbonyl (C=O) groups is 1. The lowest BCUT2D eigenvalue weighted by molar-refractivity contribution is -0.113. The van der Waals surface area contributed by atoms with Gasteiger partial charge in [-0.25, -0.2) is 0 Å². The topological polar surface area (TPSA) is 78.3 Å². The monoisotopic (exact) mass is 472 g/mol. The van der Waals surface area contributed by atoms with Crippen LogP contribution in [0.4, 0.5) is 5.69 Å². The number of para-hydroxylation sites is 2. The summed E-state index contributed by atoms with van der Waals surface area (Å²) in [5.74, 6) is 2.14. The first kappa shape index (κ1) is 24.0. The van der Waals surface area contributed by atoms with Crippen LogP contribution < -0.4 is 14.8 Å². The van der Waals surface area contributed by atoms with E-state index in [9.17, 15) is 4.79 Å². The van der Waals surface area contributed by atoms with Crippen molar-refractivity contribution in [3.8, 4) is 11.5 Å². The van der Waals surface area contributed by atoms with E-state index in [1.807, 2.05) is 66.3 Å². The highest BCUT2D eigenvalue weighted by atomic mass is 32.2. The highest BCUT2D eigenvalue weighted by Crippen LogP contribution is 2.32. The molecule has 3 rings (SSSR count). The molecule has 0 saturated carbocycles. The molecule has 0 radical (unpaired) electrons. The molecule has 1 unspecified atom stereocenters. The SMILES string of the molecule is COc1ccccc1OC(C)c1nnc(SCC(=O)Nc2cccc(SC)c2)n1C(C)C. The Balaban J connectivity index is 1.69. The third kappa shape index (κ3) is 5.98. The molecular weight excluding hydrogens is 444 g/mol. The van der Waals surface area contributed by atoms with Gasteiger partial charge in [-0.3, -0.25) is 4.79 Å². The summed E-state index contributed by atoms with van der Waals surface area (Å²) in [6.07, 6.45) is 1.66. The number of rotatable bonds is 10. The molecule has 170 valence electrons. The van der Waals surface area contributed by atoms with Gasteiger partial charge in [-0.2, -0.15) is 0 Å². The number of anilines is 1. The molecule has 1 amide bonds. The lowest BCUT2D eigenvalue weighted by Crippen LogP contribution is -2.16. The number of carbonyl (C=O) groups excluding carboxylic acids is 1. The van der Waals surface area contributed by atoms with Gasteiger partial charge >= 0.3 is 0 Å². The summed E-state index contributed by atoms with van der Waals surface area (Å²) in [6.45, 7) is 6.04. The first-order valence-corrected chi connectivity index (χ1v) is 12.4. The van der Waals surface area contributed by atoms with Gasteiger partial charge in [0.05, 0.1) is 12.9 Å². The molecule has 7 nitrogen and oxygen atoms in total. The number of hydrogen-bond acceptors (Lipinski definition) is 7.